The van der Waals surface area contributed by atoms with Crippen LogP contribution in [0.2, 0.25) is 0 Å². The molecule has 300 valence electrons. The lowest BCUT2D eigenvalue weighted by molar-refractivity contribution is -0.304. The van der Waals surface area contributed by atoms with Crippen LogP contribution in [-0.2, 0) is 28.5 Å². The quantitative estimate of drug-likeness (QED) is 0.236. The Kier molecular flexibility index (Phi) is 16.7. The summed E-state index contributed by atoms with van der Waals surface area (Å²) in [6.07, 6.45) is -0.833. The van der Waals surface area contributed by atoms with Gasteiger partial charge in [-0.15, -0.1) is 0 Å². The first kappa shape index (κ1) is 46.5. The van der Waals surface area contributed by atoms with E-state index in [0.29, 0.717) is 49.4 Å². The number of hydrogen-bond donors (Lipinski definition) is 4. The van der Waals surface area contributed by atoms with Crippen molar-refractivity contribution in [2.45, 2.75) is 105 Å². The zero-order valence-corrected chi connectivity index (χ0v) is 33.6. The number of rotatable bonds is 10. The van der Waals surface area contributed by atoms with Crippen LogP contribution in [0.4, 0.5) is 0 Å². The summed E-state index contributed by atoms with van der Waals surface area (Å²) < 4.78 is 22.7. The van der Waals surface area contributed by atoms with Crippen LogP contribution in [0, 0.1) is 39.4 Å². The number of ketones is 1. The summed E-state index contributed by atoms with van der Waals surface area (Å²) in [6, 6.07) is 16.4. The smallest absolute Gasteiger partial charge is 0.335 e. The minimum absolute atomic E-state index is 0.0387. The van der Waals surface area contributed by atoms with Crippen molar-refractivity contribution in [3.05, 3.63) is 70.8 Å². The van der Waals surface area contributed by atoms with Gasteiger partial charge in [-0.1, -0.05) is 52.8 Å². The predicted molar refractivity (Wildman–Crippen MR) is 204 cm³/mol. The number of Topliss-reactive ketones (excluding diaryl/α,β-unsaturated/α-hetero) is 1. The van der Waals surface area contributed by atoms with E-state index in [-0.39, 0.29) is 40.5 Å². The molecule has 0 radical (unpaired) electrons. The Morgan fingerprint density at radius 2 is 1.18 bits per heavy atom. The van der Waals surface area contributed by atoms with Gasteiger partial charge in [-0.3, -0.25) is 14.4 Å². The average Bonchev–Trinajstić information content (AvgIpc) is 3.12. The molecule has 2 aromatic carbocycles. The van der Waals surface area contributed by atoms with Gasteiger partial charge in [0, 0.05) is 41.9 Å². The highest BCUT2D eigenvalue weighted by atomic mass is 16.7. The van der Waals surface area contributed by atoms with E-state index in [9.17, 15) is 19.2 Å². The molecule has 2 aromatic rings. The summed E-state index contributed by atoms with van der Waals surface area (Å²) >= 11 is 0. The van der Waals surface area contributed by atoms with Crippen LogP contribution in [-0.4, -0.2) is 84.8 Å². The Labute approximate surface area is 324 Å². The van der Waals surface area contributed by atoms with Crippen molar-refractivity contribution in [3.8, 4) is 12.1 Å². The van der Waals surface area contributed by atoms with Crippen molar-refractivity contribution in [3.63, 3.8) is 0 Å². The van der Waals surface area contributed by atoms with Gasteiger partial charge in [0.15, 0.2) is 17.4 Å². The Balaban J connectivity index is 0.000000317. The number of amides is 2. The van der Waals surface area contributed by atoms with Gasteiger partial charge in [0.2, 0.25) is 11.8 Å². The number of nitrogens with two attached hydrogens (primary N) is 1. The molecular weight excluding hydrogens is 706 g/mol. The summed E-state index contributed by atoms with van der Waals surface area (Å²) in [7, 11) is 0. The zero-order chi connectivity index (χ0) is 41.8. The molecule has 2 aliphatic heterocycles. The van der Waals surface area contributed by atoms with Crippen LogP contribution in [0.15, 0.2) is 48.5 Å². The van der Waals surface area contributed by atoms with Crippen molar-refractivity contribution >= 4 is 23.6 Å². The number of benzene rings is 2. The lowest BCUT2D eigenvalue weighted by atomic mass is 9.85. The molecule has 4 atom stereocenters. The molecule has 0 spiro atoms. The molecule has 0 aromatic heterocycles. The van der Waals surface area contributed by atoms with E-state index < -0.39 is 35.2 Å². The minimum atomic E-state index is -1.01. The minimum Gasteiger partial charge on any atom is -0.478 e. The van der Waals surface area contributed by atoms with Gasteiger partial charge in [0.1, 0.15) is 12.2 Å². The standard InChI is InChI=1S/C21H28N2O4.C12H24N2O3.C8H5NO2/c1-14(9-17(24)16-8-6-7-15(10-16)11-22)12-23-19(25)18-20(2,3)13-26-21(4,5)27-18;1-8(13)6-14-10(15)9-11(2,3)7-16-12(4,5)17-9;9-5-6-2-1-3-7(4-6)8(10)11/h6-8,10,14,18H,9,12-13H2,1-5H3,(H,23,25);8-9H,6-7,13H2,1-5H3,(H,14,15);1-4H,(H,10,11)/t14-,18+;8-,9-;/m10./s1. The van der Waals surface area contributed by atoms with Gasteiger partial charge >= 0.3 is 5.97 Å². The summed E-state index contributed by atoms with van der Waals surface area (Å²) in [5, 5.41) is 31.5. The normalized spacial score (nSPS) is 21.2. The predicted octanol–water partition coefficient (Wildman–Crippen LogP) is 4.95. The third-order valence-corrected chi connectivity index (χ3v) is 8.59. The van der Waals surface area contributed by atoms with Crippen LogP contribution < -0.4 is 16.4 Å². The molecule has 0 saturated carbocycles. The molecule has 2 saturated heterocycles. The molecule has 2 fully saturated rings. The first-order valence-corrected chi connectivity index (χ1v) is 18.1. The molecular formula is C41H57N5O9. The number of hydrogen-bond acceptors (Lipinski definition) is 11. The fourth-order valence-electron chi connectivity index (χ4n) is 5.35. The lowest BCUT2D eigenvalue weighted by Gasteiger charge is -2.44. The van der Waals surface area contributed by atoms with E-state index >= 15 is 0 Å². The molecule has 55 heavy (non-hydrogen) atoms. The van der Waals surface area contributed by atoms with E-state index in [0.717, 1.165) is 0 Å². The average molecular weight is 764 g/mol. The molecule has 0 unspecified atom stereocenters. The fourth-order valence-corrected chi connectivity index (χ4v) is 5.35. The molecule has 0 aliphatic carbocycles. The van der Waals surface area contributed by atoms with Gasteiger partial charge < -0.3 is 40.4 Å². The molecule has 14 heteroatoms. The van der Waals surface area contributed by atoms with Crippen molar-refractivity contribution in [2.24, 2.45) is 22.5 Å². The number of nitriles is 2. The second kappa shape index (κ2) is 19.8. The number of carboxylic acid groups (broad SMARTS) is 1. The number of carboxylic acids is 1. The molecule has 2 amide bonds. The van der Waals surface area contributed by atoms with E-state index in [2.05, 4.69) is 10.6 Å². The number of carbonyl (C=O) groups is 4. The number of carbonyl (C=O) groups excluding carboxylic acids is 3. The maximum atomic E-state index is 12.6. The summed E-state index contributed by atoms with van der Waals surface area (Å²) in [6.45, 7) is 20.5. The Hall–Kier alpha value is -4.70. The highest BCUT2D eigenvalue weighted by Crippen LogP contribution is 2.36. The van der Waals surface area contributed by atoms with Gasteiger partial charge in [-0.2, -0.15) is 10.5 Å². The van der Waals surface area contributed by atoms with E-state index in [4.69, 9.17) is 40.3 Å². The third-order valence-electron chi connectivity index (χ3n) is 8.59. The van der Waals surface area contributed by atoms with Crippen molar-refractivity contribution in [1.82, 2.24) is 10.6 Å². The van der Waals surface area contributed by atoms with Crippen LogP contribution in [0.25, 0.3) is 0 Å². The molecule has 4 rings (SSSR count). The summed E-state index contributed by atoms with van der Waals surface area (Å²) in [4.78, 5) is 47.4. The van der Waals surface area contributed by atoms with E-state index in [1.165, 1.54) is 12.1 Å². The monoisotopic (exact) mass is 763 g/mol. The second-order valence-electron chi connectivity index (χ2n) is 16.2. The molecule has 5 N–H and O–H groups in total. The number of ether oxygens (including phenoxy) is 4. The molecule has 14 nitrogen and oxygen atoms in total. The molecule has 2 heterocycles. The van der Waals surface area contributed by atoms with E-state index in [1.54, 1.807) is 50.2 Å². The molecule has 0 bridgehead atoms. The highest BCUT2D eigenvalue weighted by molar-refractivity contribution is 5.96. The van der Waals surface area contributed by atoms with Gasteiger partial charge in [0.05, 0.1) is 42.0 Å². The largest absolute Gasteiger partial charge is 0.478 e. The van der Waals surface area contributed by atoms with Crippen LogP contribution in [0.3, 0.4) is 0 Å². The third kappa shape index (κ3) is 15.2. The van der Waals surface area contributed by atoms with E-state index in [1.807, 2.05) is 67.5 Å². The van der Waals surface area contributed by atoms with Crippen LogP contribution in [0.5, 0.6) is 0 Å². The Bertz CT molecular complexity index is 1740. The number of nitrogens with one attached hydrogen (secondary N) is 2. The summed E-state index contributed by atoms with van der Waals surface area (Å²) in [5.74, 6) is -2.93. The SMILES string of the molecule is C[C@@H](CNC(=O)[C@@H]1OC(C)(C)OCC1(C)C)CC(=O)c1cccc(C#N)c1.C[C@H](N)CNC(=O)[C@@H]1OC(C)(C)OCC1(C)C.N#Cc1cccc(C(=O)O)c1. The topological polar surface area (TPSA) is 223 Å². The Morgan fingerprint density at radius 3 is 1.60 bits per heavy atom. The van der Waals surface area contributed by atoms with Crippen LogP contribution >= 0.6 is 0 Å². The van der Waals surface area contributed by atoms with Crippen molar-refractivity contribution in [2.75, 3.05) is 26.3 Å². The lowest BCUT2D eigenvalue weighted by Crippen LogP contribution is -2.57. The maximum absolute atomic E-state index is 12.6. The number of nitrogens with zero attached hydrogens (tertiary/aromatic N) is 2. The van der Waals surface area contributed by atoms with Crippen molar-refractivity contribution in [1.29, 1.82) is 10.5 Å². The highest BCUT2D eigenvalue weighted by Gasteiger charge is 2.46. The molecule has 2 aliphatic rings. The second-order valence-corrected chi connectivity index (χ2v) is 16.2. The zero-order valence-electron chi connectivity index (χ0n) is 33.6. The first-order valence-electron chi connectivity index (χ1n) is 18.1. The number of aromatic carboxylic acids is 1. The van der Waals surface area contributed by atoms with Crippen LogP contribution in [0.1, 0.15) is 108 Å². The van der Waals surface area contributed by atoms with Gasteiger partial charge in [-0.05, 0) is 70.9 Å². The van der Waals surface area contributed by atoms with Crippen molar-refractivity contribution < 1.29 is 43.2 Å². The first-order chi connectivity index (χ1) is 25.4. The fraction of sp³-hybridized carbons (Fsp3) is 0.561. The van der Waals surface area contributed by atoms with Gasteiger partial charge in [-0.25, -0.2) is 4.79 Å². The Morgan fingerprint density at radius 1 is 0.764 bits per heavy atom. The van der Waals surface area contributed by atoms with Gasteiger partial charge in [0.25, 0.3) is 0 Å². The maximum Gasteiger partial charge on any atom is 0.335 e. The summed E-state index contributed by atoms with van der Waals surface area (Å²) in [5.41, 5.74) is 6.33.